The molecule has 0 aliphatic carbocycles. The first-order chi connectivity index (χ1) is 9.90. The van der Waals surface area contributed by atoms with E-state index in [0.29, 0.717) is 22.7 Å². The van der Waals surface area contributed by atoms with Crippen LogP contribution in [0, 0.1) is 21.7 Å². The van der Waals surface area contributed by atoms with Crippen molar-refractivity contribution in [3.63, 3.8) is 0 Å². The van der Waals surface area contributed by atoms with Gasteiger partial charge in [-0.25, -0.2) is 8.78 Å². The molecule has 2 aromatic carbocycles. The molecule has 110 valence electrons. The van der Waals surface area contributed by atoms with E-state index < -0.39 is 27.9 Å². The summed E-state index contributed by atoms with van der Waals surface area (Å²) in [6.45, 7) is 0.00276. The molecule has 2 aromatic rings. The summed E-state index contributed by atoms with van der Waals surface area (Å²) < 4.78 is 26.7. The second-order valence-corrected chi connectivity index (χ2v) is 4.89. The summed E-state index contributed by atoms with van der Waals surface area (Å²) in [5, 5.41) is 14.0. The number of nitrogens with zero attached hydrogens (tertiary/aromatic N) is 1. The number of hydrogen-bond donors (Lipinski definition) is 1. The Hall–Kier alpha value is -1.92. The van der Waals surface area contributed by atoms with Crippen molar-refractivity contribution in [1.29, 1.82) is 0 Å². The first-order valence-electron chi connectivity index (χ1n) is 5.70. The number of hydrogen-bond acceptors (Lipinski definition) is 3. The molecule has 0 spiro atoms. The number of nitro groups is 1. The summed E-state index contributed by atoms with van der Waals surface area (Å²) in [7, 11) is 0. The van der Waals surface area contributed by atoms with Gasteiger partial charge in [-0.3, -0.25) is 10.1 Å². The van der Waals surface area contributed by atoms with Crippen LogP contribution >= 0.6 is 23.2 Å². The van der Waals surface area contributed by atoms with E-state index in [2.05, 4.69) is 5.32 Å². The molecule has 0 aromatic heterocycles. The van der Waals surface area contributed by atoms with Crippen molar-refractivity contribution in [1.82, 2.24) is 0 Å². The minimum atomic E-state index is -1.06. The Balaban J connectivity index is 2.32. The highest BCUT2D eigenvalue weighted by Crippen LogP contribution is 2.31. The Labute approximate surface area is 128 Å². The van der Waals surface area contributed by atoms with Gasteiger partial charge in [0.1, 0.15) is 11.5 Å². The fourth-order valence-electron chi connectivity index (χ4n) is 1.75. The smallest absolute Gasteiger partial charge is 0.298 e. The quantitative estimate of drug-likeness (QED) is 0.646. The SMILES string of the molecule is O=[N+]([O-])c1cc(F)cc(F)c1NCc1cccc(Cl)c1Cl. The lowest BCUT2D eigenvalue weighted by molar-refractivity contribution is -0.384. The van der Waals surface area contributed by atoms with Gasteiger partial charge in [-0.2, -0.15) is 0 Å². The molecule has 0 radical (unpaired) electrons. The van der Waals surface area contributed by atoms with E-state index in [1.807, 2.05) is 0 Å². The molecule has 0 aliphatic heterocycles. The highest BCUT2D eigenvalue weighted by molar-refractivity contribution is 6.42. The van der Waals surface area contributed by atoms with E-state index in [9.17, 15) is 18.9 Å². The summed E-state index contributed by atoms with van der Waals surface area (Å²) in [6, 6.07) is 6.06. The minimum absolute atomic E-state index is 0.00276. The molecule has 4 nitrogen and oxygen atoms in total. The van der Waals surface area contributed by atoms with Crippen LogP contribution in [0.3, 0.4) is 0 Å². The van der Waals surface area contributed by atoms with E-state index in [-0.39, 0.29) is 11.6 Å². The number of nitrogens with one attached hydrogen (secondary N) is 1. The third-order valence-electron chi connectivity index (χ3n) is 2.72. The molecule has 21 heavy (non-hydrogen) atoms. The van der Waals surface area contributed by atoms with Crippen LogP contribution in [0.25, 0.3) is 0 Å². The lowest BCUT2D eigenvalue weighted by atomic mass is 10.2. The van der Waals surface area contributed by atoms with E-state index in [1.54, 1.807) is 18.2 Å². The minimum Gasteiger partial charge on any atom is -0.373 e. The first-order valence-corrected chi connectivity index (χ1v) is 6.46. The third kappa shape index (κ3) is 3.40. The lowest BCUT2D eigenvalue weighted by Crippen LogP contribution is -2.06. The van der Waals surface area contributed by atoms with Gasteiger partial charge in [0, 0.05) is 12.6 Å². The molecule has 0 aliphatic rings. The molecule has 2 rings (SSSR count). The van der Waals surface area contributed by atoms with Gasteiger partial charge < -0.3 is 5.32 Å². The summed E-state index contributed by atoms with van der Waals surface area (Å²) in [6.07, 6.45) is 0. The molecule has 0 amide bonds. The largest absolute Gasteiger partial charge is 0.373 e. The number of halogens is 4. The second-order valence-electron chi connectivity index (χ2n) is 4.11. The van der Waals surface area contributed by atoms with E-state index in [0.717, 1.165) is 0 Å². The average Bonchev–Trinajstić information content (AvgIpc) is 2.41. The predicted molar refractivity (Wildman–Crippen MR) is 76.8 cm³/mol. The Kier molecular flexibility index (Phi) is 4.59. The molecular formula is C13H8Cl2F2N2O2. The number of benzene rings is 2. The monoisotopic (exact) mass is 332 g/mol. The maximum atomic E-state index is 13.7. The van der Waals surface area contributed by atoms with Crippen LogP contribution in [0.1, 0.15) is 5.56 Å². The highest BCUT2D eigenvalue weighted by atomic mass is 35.5. The van der Waals surface area contributed by atoms with Crippen LogP contribution < -0.4 is 5.32 Å². The second kappa shape index (κ2) is 6.24. The maximum Gasteiger partial charge on any atom is 0.298 e. The van der Waals surface area contributed by atoms with Gasteiger partial charge in [-0.1, -0.05) is 35.3 Å². The zero-order valence-corrected chi connectivity index (χ0v) is 11.9. The summed E-state index contributed by atoms with van der Waals surface area (Å²) in [5.41, 5.74) is -0.565. The lowest BCUT2D eigenvalue weighted by Gasteiger charge is -2.10. The molecule has 0 saturated heterocycles. The normalized spacial score (nSPS) is 10.5. The van der Waals surface area contributed by atoms with E-state index in [4.69, 9.17) is 23.2 Å². The molecule has 1 N–H and O–H groups in total. The summed E-state index contributed by atoms with van der Waals surface area (Å²) in [5.74, 6) is -2.08. The molecule has 0 saturated carbocycles. The molecule has 8 heteroatoms. The van der Waals surface area contributed by atoms with Gasteiger partial charge in [0.15, 0.2) is 5.82 Å². The Morgan fingerprint density at radius 1 is 1.24 bits per heavy atom. The molecule has 0 heterocycles. The zero-order valence-electron chi connectivity index (χ0n) is 10.4. The Morgan fingerprint density at radius 2 is 1.95 bits per heavy atom. The average molecular weight is 333 g/mol. The van der Waals surface area contributed by atoms with Gasteiger partial charge in [0.25, 0.3) is 5.69 Å². The van der Waals surface area contributed by atoms with Crippen LogP contribution in [0.5, 0.6) is 0 Å². The van der Waals surface area contributed by atoms with Crippen LogP contribution in [0.4, 0.5) is 20.2 Å². The van der Waals surface area contributed by atoms with Crippen molar-refractivity contribution >= 4 is 34.6 Å². The fourth-order valence-corrected chi connectivity index (χ4v) is 2.13. The molecule has 0 unspecified atom stereocenters. The van der Waals surface area contributed by atoms with Crippen LogP contribution in [-0.4, -0.2) is 4.92 Å². The number of anilines is 1. The van der Waals surface area contributed by atoms with Gasteiger partial charge >= 0.3 is 0 Å². The van der Waals surface area contributed by atoms with Crippen molar-refractivity contribution in [2.24, 2.45) is 0 Å². The topological polar surface area (TPSA) is 55.2 Å². The van der Waals surface area contributed by atoms with Crippen LogP contribution in [-0.2, 0) is 6.54 Å². The van der Waals surface area contributed by atoms with Gasteiger partial charge in [0.05, 0.1) is 21.0 Å². The summed E-state index contributed by atoms with van der Waals surface area (Å²) in [4.78, 5) is 9.98. The van der Waals surface area contributed by atoms with Crippen molar-refractivity contribution in [2.45, 2.75) is 6.54 Å². The van der Waals surface area contributed by atoms with Crippen molar-refractivity contribution < 1.29 is 13.7 Å². The van der Waals surface area contributed by atoms with Crippen molar-refractivity contribution in [2.75, 3.05) is 5.32 Å². The summed E-state index contributed by atoms with van der Waals surface area (Å²) >= 11 is 11.8. The van der Waals surface area contributed by atoms with Crippen molar-refractivity contribution in [3.05, 3.63) is 67.7 Å². The Morgan fingerprint density at radius 3 is 2.62 bits per heavy atom. The molecule has 0 fully saturated rings. The number of nitro benzene ring substituents is 1. The Bertz CT molecular complexity index is 711. The van der Waals surface area contributed by atoms with Gasteiger partial charge in [0.2, 0.25) is 0 Å². The standard InChI is InChI=1S/C13H8Cl2F2N2O2/c14-9-3-1-2-7(12(9)15)6-18-13-10(17)4-8(16)5-11(13)19(20)21/h1-5,18H,6H2. The van der Waals surface area contributed by atoms with Crippen molar-refractivity contribution in [3.8, 4) is 0 Å². The third-order valence-corrected chi connectivity index (χ3v) is 3.58. The zero-order chi connectivity index (χ0) is 15.6. The van der Waals surface area contributed by atoms with E-state index >= 15 is 0 Å². The molecule has 0 bridgehead atoms. The molecule has 0 atom stereocenters. The van der Waals surface area contributed by atoms with Gasteiger partial charge in [-0.15, -0.1) is 0 Å². The maximum absolute atomic E-state index is 13.7. The van der Waals surface area contributed by atoms with Gasteiger partial charge in [-0.05, 0) is 11.6 Å². The van der Waals surface area contributed by atoms with Crippen LogP contribution in [0.2, 0.25) is 10.0 Å². The van der Waals surface area contributed by atoms with E-state index in [1.165, 1.54) is 0 Å². The fraction of sp³-hybridized carbons (Fsp3) is 0.0769. The number of rotatable bonds is 4. The first kappa shape index (κ1) is 15.5. The van der Waals surface area contributed by atoms with Crippen LogP contribution in [0.15, 0.2) is 30.3 Å². The molecular weight excluding hydrogens is 325 g/mol. The highest BCUT2D eigenvalue weighted by Gasteiger charge is 2.20. The predicted octanol–water partition coefficient (Wildman–Crippen LogP) is 4.79.